The van der Waals surface area contributed by atoms with Gasteiger partial charge in [0.1, 0.15) is 0 Å². The van der Waals surface area contributed by atoms with Crippen molar-refractivity contribution in [1.82, 2.24) is 15.5 Å². The lowest BCUT2D eigenvalue weighted by atomic mass is 9.94. The Labute approximate surface area is 125 Å². The van der Waals surface area contributed by atoms with Crippen LogP contribution in [-0.2, 0) is 0 Å². The predicted molar refractivity (Wildman–Crippen MR) is 85.5 cm³/mol. The van der Waals surface area contributed by atoms with E-state index < -0.39 is 0 Å². The molecule has 0 aliphatic carbocycles. The van der Waals surface area contributed by atoms with Gasteiger partial charge < -0.3 is 10.2 Å². The maximum Gasteiger partial charge on any atom is 0.159 e. The zero-order valence-electron chi connectivity index (χ0n) is 12.3. The third kappa shape index (κ3) is 2.38. The van der Waals surface area contributed by atoms with Crippen molar-refractivity contribution in [2.75, 3.05) is 18.0 Å². The highest BCUT2D eigenvalue weighted by Gasteiger charge is 2.33. The van der Waals surface area contributed by atoms with Gasteiger partial charge in [-0.3, -0.25) is 0 Å². The first-order valence-corrected chi connectivity index (χ1v) is 8.14. The van der Waals surface area contributed by atoms with Crippen LogP contribution in [0.3, 0.4) is 0 Å². The van der Waals surface area contributed by atoms with Gasteiger partial charge in [0.2, 0.25) is 0 Å². The SMILES string of the molecule is c1ccc2c(N3CCCCC3C3CCCN3)nncc2c1. The number of fused-ring (bicyclic) bond motifs is 1. The van der Waals surface area contributed by atoms with Crippen LogP contribution in [0.1, 0.15) is 32.1 Å². The van der Waals surface area contributed by atoms with Gasteiger partial charge in [-0.05, 0) is 38.6 Å². The highest BCUT2D eigenvalue weighted by atomic mass is 15.3. The molecule has 0 amide bonds. The summed E-state index contributed by atoms with van der Waals surface area (Å²) in [5.74, 6) is 1.08. The minimum atomic E-state index is 0.571. The van der Waals surface area contributed by atoms with E-state index in [1.54, 1.807) is 0 Å². The smallest absolute Gasteiger partial charge is 0.159 e. The Morgan fingerprint density at radius 2 is 2.05 bits per heavy atom. The fourth-order valence-corrected chi connectivity index (χ4v) is 3.90. The number of aromatic nitrogens is 2. The van der Waals surface area contributed by atoms with Gasteiger partial charge >= 0.3 is 0 Å². The summed E-state index contributed by atoms with van der Waals surface area (Å²) in [6.45, 7) is 2.27. The summed E-state index contributed by atoms with van der Waals surface area (Å²) in [6, 6.07) is 9.65. The molecule has 2 unspecified atom stereocenters. The van der Waals surface area contributed by atoms with E-state index in [0.29, 0.717) is 12.1 Å². The third-order valence-corrected chi connectivity index (χ3v) is 4.94. The Hall–Kier alpha value is -1.68. The van der Waals surface area contributed by atoms with Crippen molar-refractivity contribution in [1.29, 1.82) is 0 Å². The number of piperidine rings is 1. The Bertz CT molecular complexity index is 616. The molecule has 0 saturated carbocycles. The minimum Gasteiger partial charge on any atom is -0.350 e. The number of anilines is 1. The summed E-state index contributed by atoms with van der Waals surface area (Å²) in [4.78, 5) is 2.52. The summed E-state index contributed by atoms with van der Waals surface area (Å²) < 4.78 is 0. The van der Waals surface area contributed by atoms with E-state index in [1.165, 1.54) is 42.9 Å². The Balaban J connectivity index is 1.74. The standard InChI is InChI=1S/C17H22N4/c1-2-7-14-13(6-1)12-19-20-17(14)21-11-4-3-9-16(21)15-8-5-10-18-15/h1-2,6-7,12,15-16,18H,3-5,8-11H2. The number of nitrogens with one attached hydrogen (secondary N) is 1. The van der Waals surface area contributed by atoms with E-state index in [-0.39, 0.29) is 0 Å². The number of hydrogen-bond donors (Lipinski definition) is 1. The van der Waals surface area contributed by atoms with Crippen LogP contribution in [0.15, 0.2) is 30.5 Å². The van der Waals surface area contributed by atoms with E-state index in [1.807, 2.05) is 6.20 Å². The molecule has 0 radical (unpaired) electrons. The van der Waals surface area contributed by atoms with Crippen LogP contribution in [-0.4, -0.2) is 35.4 Å². The second kappa shape index (κ2) is 5.60. The predicted octanol–water partition coefficient (Wildman–Crippen LogP) is 2.74. The zero-order chi connectivity index (χ0) is 14.1. The highest BCUT2D eigenvalue weighted by Crippen LogP contribution is 2.31. The van der Waals surface area contributed by atoms with Crippen molar-refractivity contribution in [3.05, 3.63) is 30.5 Å². The normalized spacial score (nSPS) is 26.4. The first-order chi connectivity index (χ1) is 10.4. The molecule has 21 heavy (non-hydrogen) atoms. The molecule has 4 heteroatoms. The van der Waals surface area contributed by atoms with Crippen molar-refractivity contribution in [2.24, 2.45) is 0 Å². The molecule has 2 aliphatic heterocycles. The van der Waals surface area contributed by atoms with Gasteiger partial charge in [-0.2, -0.15) is 5.10 Å². The number of rotatable bonds is 2. The highest BCUT2D eigenvalue weighted by molar-refractivity contribution is 5.91. The van der Waals surface area contributed by atoms with E-state index >= 15 is 0 Å². The molecule has 4 nitrogen and oxygen atoms in total. The lowest BCUT2D eigenvalue weighted by Crippen LogP contribution is -2.50. The van der Waals surface area contributed by atoms with Gasteiger partial charge in [0, 0.05) is 29.4 Å². The Morgan fingerprint density at radius 1 is 1.10 bits per heavy atom. The van der Waals surface area contributed by atoms with Crippen LogP contribution >= 0.6 is 0 Å². The molecular weight excluding hydrogens is 260 g/mol. The molecule has 0 spiro atoms. The second-order valence-corrected chi connectivity index (χ2v) is 6.21. The quantitative estimate of drug-likeness (QED) is 0.919. The van der Waals surface area contributed by atoms with E-state index in [0.717, 1.165) is 18.9 Å². The minimum absolute atomic E-state index is 0.571. The van der Waals surface area contributed by atoms with Crippen molar-refractivity contribution in [3.8, 4) is 0 Å². The molecule has 0 bridgehead atoms. The van der Waals surface area contributed by atoms with Gasteiger partial charge in [-0.25, -0.2) is 0 Å². The van der Waals surface area contributed by atoms with Crippen molar-refractivity contribution < 1.29 is 0 Å². The van der Waals surface area contributed by atoms with Crippen molar-refractivity contribution >= 4 is 16.6 Å². The zero-order valence-corrected chi connectivity index (χ0v) is 12.3. The van der Waals surface area contributed by atoms with Crippen molar-refractivity contribution in [3.63, 3.8) is 0 Å². The van der Waals surface area contributed by atoms with Crippen LogP contribution in [0.5, 0.6) is 0 Å². The van der Waals surface area contributed by atoms with Gasteiger partial charge in [0.25, 0.3) is 0 Å². The van der Waals surface area contributed by atoms with Gasteiger partial charge in [0.05, 0.1) is 6.20 Å². The second-order valence-electron chi connectivity index (χ2n) is 6.21. The molecule has 2 atom stereocenters. The first-order valence-electron chi connectivity index (χ1n) is 8.14. The number of benzene rings is 1. The van der Waals surface area contributed by atoms with Gasteiger partial charge in [0.15, 0.2) is 5.82 Å². The average Bonchev–Trinajstić information content (AvgIpc) is 3.09. The number of nitrogens with zero attached hydrogens (tertiary/aromatic N) is 3. The molecular formula is C17H22N4. The molecule has 3 heterocycles. The fourth-order valence-electron chi connectivity index (χ4n) is 3.90. The van der Waals surface area contributed by atoms with Crippen LogP contribution < -0.4 is 10.2 Å². The van der Waals surface area contributed by atoms with Crippen LogP contribution in [0, 0.1) is 0 Å². The molecule has 1 aromatic carbocycles. The van der Waals surface area contributed by atoms with E-state index in [4.69, 9.17) is 0 Å². The summed E-state index contributed by atoms with van der Waals surface area (Å²) >= 11 is 0. The Morgan fingerprint density at radius 3 is 2.95 bits per heavy atom. The lowest BCUT2D eigenvalue weighted by Gasteiger charge is -2.40. The maximum absolute atomic E-state index is 4.50. The third-order valence-electron chi connectivity index (χ3n) is 4.94. The fraction of sp³-hybridized carbons (Fsp3) is 0.529. The van der Waals surface area contributed by atoms with Crippen LogP contribution in [0.4, 0.5) is 5.82 Å². The molecule has 110 valence electrons. The number of hydrogen-bond acceptors (Lipinski definition) is 4. The molecule has 2 saturated heterocycles. The maximum atomic E-state index is 4.50. The van der Waals surface area contributed by atoms with Crippen LogP contribution in [0.25, 0.3) is 10.8 Å². The summed E-state index contributed by atoms with van der Waals surface area (Å²) in [5.41, 5.74) is 0. The van der Waals surface area contributed by atoms with Crippen LogP contribution in [0.2, 0.25) is 0 Å². The summed E-state index contributed by atoms with van der Waals surface area (Å²) in [7, 11) is 0. The topological polar surface area (TPSA) is 41.0 Å². The molecule has 2 aliphatic rings. The first kappa shape index (κ1) is 13.0. The average molecular weight is 282 g/mol. The molecule has 2 aromatic rings. The van der Waals surface area contributed by atoms with Crippen molar-refractivity contribution in [2.45, 2.75) is 44.2 Å². The molecule has 1 N–H and O–H groups in total. The van der Waals surface area contributed by atoms with Gasteiger partial charge in [-0.1, -0.05) is 24.3 Å². The lowest BCUT2D eigenvalue weighted by molar-refractivity contribution is 0.376. The summed E-state index contributed by atoms with van der Waals surface area (Å²) in [5, 5.41) is 14.8. The van der Waals surface area contributed by atoms with Gasteiger partial charge in [-0.15, -0.1) is 5.10 Å². The van der Waals surface area contributed by atoms with E-state index in [9.17, 15) is 0 Å². The molecule has 2 fully saturated rings. The van der Waals surface area contributed by atoms with E-state index in [2.05, 4.69) is 44.7 Å². The summed E-state index contributed by atoms with van der Waals surface area (Å²) in [6.07, 6.45) is 8.31. The molecule has 1 aromatic heterocycles. The largest absolute Gasteiger partial charge is 0.350 e. The molecule has 4 rings (SSSR count). The monoisotopic (exact) mass is 282 g/mol. The Kier molecular flexibility index (Phi) is 3.47.